The van der Waals surface area contributed by atoms with Crippen LogP contribution >= 0.6 is 7.82 Å². The predicted octanol–water partition coefficient (Wildman–Crippen LogP) is 13.0. The molecule has 0 aliphatic carbocycles. The summed E-state index contributed by atoms with van der Waals surface area (Å²) in [7, 11) is -4.44. The third-order valence-electron chi connectivity index (χ3n) is 11.1. The van der Waals surface area contributed by atoms with E-state index in [1.165, 1.54) is 19.3 Å². The van der Waals surface area contributed by atoms with Crippen LogP contribution in [0.2, 0.25) is 0 Å². The van der Waals surface area contributed by atoms with Crippen molar-refractivity contribution in [2.45, 2.75) is 174 Å². The van der Waals surface area contributed by atoms with Gasteiger partial charge in [0.05, 0.1) is 37.9 Å². The Morgan fingerprint density at radius 3 is 0.903 bits per heavy atom. The maximum Gasteiger partial charge on any atom is 0.475 e. The van der Waals surface area contributed by atoms with Crippen molar-refractivity contribution in [3.8, 4) is 0 Å². The third-order valence-corrected chi connectivity index (χ3v) is 12.5. The third kappa shape index (κ3) is 23.0. The lowest BCUT2D eigenvalue weighted by Crippen LogP contribution is -2.33. The smallest absolute Gasteiger partial charge is 0.347 e. The summed E-state index contributed by atoms with van der Waals surface area (Å²) in [5.74, 6) is -0.364. The molecule has 62 heavy (non-hydrogen) atoms. The number of unbranched alkanes of at least 4 members (excludes halogenated alkanes) is 15. The molecule has 3 N–H and O–H groups in total. The molecule has 3 aromatic carbocycles. The standard InChI is InChI=1S/C51H78N3O7P/c1-4-7-10-13-16-28-37-49(55)52-46(43-31-22-19-23-32-43)40-59-62(58,60-41-47(44-33-24-20-25-34-44)53-50(56)38-29-17-14-11-8-5-2)61-42-48(45-35-26-21-27-36-45)54-51(57)39-30-18-15-12-9-6-3/h19-27,31-36,46-48H,4-18,28-30,37-42H2,1-3H3,(H,52,55)(H,53,56)(H,54,57)/t46-,47-,48-/m0/s1. The van der Waals surface area contributed by atoms with Crippen LogP contribution in [-0.2, 0) is 32.5 Å². The molecule has 0 bridgehead atoms. The van der Waals surface area contributed by atoms with Crippen LogP contribution in [0.1, 0.15) is 190 Å². The first-order valence-corrected chi connectivity index (χ1v) is 25.3. The highest BCUT2D eigenvalue weighted by molar-refractivity contribution is 7.48. The second kappa shape index (κ2) is 32.8. The molecule has 0 heterocycles. The van der Waals surface area contributed by atoms with Gasteiger partial charge in [0, 0.05) is 19.3 Å². The number of carbonyl (C=O) groups excluding carboxylic acids is 3. The van der Waals surface area contributed by atoms with E-state index in [-0.39, 0.29) is 37.5 Å². The van der Waals surface area contributed by atoms with E-state index in [9.17, 15) is 18.9 Å². The van der Waals surface area contributed by atoms with E-state index in [0.717, 1.165) is 113 Å². The summed E-state index contributed by atoms with van der Waals surface area (Å²) in [6.07, 6.45) is 20.2. The molecule has 0 fully saturated rings. The monoisotopic (exact) mass is 876 g/mol. The minimum absolute atomic E-state index is 0.121. The first-order chi connectivity index (χ1) is 30.3. The van der Waals surface area contributed by atoms with E-state index in [2.05, 4.69) is 36.7 Å². The van der Waals surface area contributed by atoms with Crippen LogP contribution in [0.15, 0.2) is 91.0 Å². The van der Waals surface area contributed by atoms with Crippen molar-refractivity contribution in [1.82, 2.24) is 16.0 Å². The SMILES string of the molecule is CCCCCCCCC(=O)N[C@@H](COP(=O)(OC[C@H](NC(=O)CCCCCCCC)c1ccccc1)OC[C@H](NC(=O)CCCCCCCC)c1ccccc1)c1ccccc1. The largest absolute Gasteiger partial charge is 0.475 e. The van der Waals surface area contributed by atoms with Crippen molar-refractivity contribution in [2.24, 2.45) is 0 Å². The number of hydrogen-bond acceptors (Lipinski definition) is 7. The van der Waals surface area contributed by atoms with Crippen LogP contribution in [0.25, 0.3) is 0 Å². The number of phosphoric ester groups is 1. The minimum atomic E-state index is -4.44. The Labute approximate surface area is 374 Å². The summed E-state index contributed by atoms with van der Waals surface area (Å²) < 4.78 is 33.5. The predicted molar refractivity (Wildman–Crippen MR) is 251 cm³/mol. The number of carbonyl (C=O) groups is 3. The van der Waals surface area contributed by atoms with Crippen molar-refractivity contribution in [3.05, 3.63) is 108 Å². The van der Waals surface area contributed by atoms with Gasteiger partial charge in [-0.1, -0.05) is 208 Å². The van der Waals surface area contributed by atoms with E-state index in [1.54, 1.807) is 0 Å². The molecular formula is C51H78N3O7P. The number of phosphoric acid groups is 1. The van der Waals surface area contributed by atoms with Gasteiger partial charge in [-0.25, -0.2) is 4.57 Å². The summed E-state index contributed by atoms with van der Waals surface area (Å²) in [6.45, 7) is 5.94. The van der Waals surface area contributed by atoms with Crippen LogP contribution in [0, 0.1) is 0 Å². The maximum atomic E-state index is 15.0. The summed E-state index contributed by atoms with van der Waals surface area (Å²) in [4.78, 5) is 39.9. The highest BCUT2D eigenvalue weighted by Gasteiger charge is 2.33. The zero-order valence-electron chi connectivity index (χ0n) is 38.2. The molecule has 0 spiro atoms. The van der Waals surface area contributed by atoms with Gasteiger partial charge < -0.3 is 16.0 Å². The molecule has 3 rings (SSSR count). The quantitative estimate of drug-likeness (QED) is 0.0391. The second-order valence-corrected chi connectivity index (χ2v) is 18.1. The molecule has 3 amide bonds. The normalized spacial score (nSPS) is 13.0. The molecule has 0 radical (unpaired) electrons. The number of benzene rings is 3. The highest BCUT2D eigenvalue weighted by Crippen LogP contribution is 2.51. The van der Waals surface area contributed by atoms with Gasteiger partial charge in [-0.05, 0) is 36.0 Å². The Bertz CT molecular complexity index is 1470. The minimum Gasteiger partial charge on any atom is -0.347 e. The van der Waals surface area contributed by atoms with Crippen molar-refractivity contribution >= 4 is 25.5 Å². The fourth-order valence-electron chi connectivity index (χ4n) is 7.33. The number of rotatable bonds is 36. The van der Waals surface area contributed by atoms with Gasteiger partial charge in [0.2, 0.25) is 17.7 Å². The fraction of sp³-hybridized carbons (Fsp3) is 0.588. The van der Waals surface area contributed by atoms with Gasteiger partial charge in [-0.15, -0.1) is 0 Å². The molecule has 0 aliphatic heterocycles. The van der Waals surface area contributed by atoms with E-state index in [0.29, 0.717) is 19.3 Å². The van der Waals surface area contributed by atoms with Gasteiger partial charge >= 0.3 is 7.82 Å². The van der Waals surface area contributed by atoms with Crippen LogP contribution in [0.4, 0.5) is 0 Å². The van der Waals surface area contributed by atoms with Crippen LogP contribution in [0.5, 0.6) is 0 Å². The zero-order valence-corrected chi connectivity index (χ0v) is 39.1. The average molecular weight is 876 g/mol. The number of hydrogen-bond donors (Lipinski definition) is 3. The van der Waals surface area contributed by atoms with E-state index < -0.39 is 25.9 Å². The highest BCUT2D eigenvalue weighted by atomic mass is 31.2. The number of amides is 3. The lowest BCUT2D eigenvalue weighted by Gasteiger charge is -2.27. The summed E-state index contributed by atoms with van der Waals surface area (Å²) in [5, 5.41) is 9.31. The summed E-state index contributed by atoms with van der Waals surface area (Å²) >= 11 is 0. The van der Waals surface area contributed by atoms with Gasteiger partial charge in [0.1, 0.15) is 0 Å². The first kappa shape index (κ1) is 52.5. The lowest BCUT2D eigenvalue weighted by molar-refractivity contribution is -0.122. The molecule has 3 aromatic rings. The summed E-state index contributed by atoms with van der Waals surface area (Å²) in [5.41, 5.74) is 2.34. The molecule has 0 saturated carbocycles. The molecule has 10 nitrogen and oxygen atoms in total. The molecule has 0 saturated heterocycles. The zero-order chi connectivity index (χ0) is 44.5. The molecule has 3 atom stereocenters. The van der Waals surface area contributed by atoms with Gasteiger partial charge in [-0.2, -0.15) is 0 Å². The molecule has 11 heteroatoms. The molecule has 344 valence electrons. The van der Waals surface area contributed by atoms with Crippen LogP contribution in [-0.4, -0.2) is 37.5 Å². The lowest BCUT2D eigenvalue weighted by atomic mass is 10.1. The first-order valence-electron chi connectivity index (χ1n) is 23.8. The summed E-state index contributed by atoms with van der Waals surface area (Å²) in [6, 6.07) is 26.4. The molecule has 0 unspecified atom stereocenters. The molecule has 0 aromatic heterocycles. The Morgan fingerprint density at radius 2 is 0.645 bits per heavy atom. The Balaban J connectivity index is 1.83. The van der Waals surface area contributed by atoms with Gasteiger partial charge in [-0.3, -0.25) is 28.0 Å². The van der Waals surface area contributed by atoms with Crippen molar-refractivity contribution in [1.29, 1.82) is 0 Å². The Morgan fingerprint density at radius 1 is 0.403 bits per heavy atom. The van der Waals surface area contributed by atoms with Crippen molar-refractivity contribution in [2.75, 3.05) is 19.8 Å². The number of nitrogens with one attached hydrogen (secondary N) is 3. The Kier molecular flexibility index (Phi) is 27.8. The van der Waals surface area contributed by atoms with Crippen molar-refractivity contribution < 1.29 is 32.5 Å². The Hall–Kier alpha value is -3.82. The van der Waals surface area contributed by atoms with Crippen LogP contribution in [0.3, 0.4) is 0 Å². The maximum absolute atomic E-state index is 15.0. The van der Waals surface area contributed by atoms with E-state index in [1.807, 2.05) is 91.0 Å². The second-order valence-electron chi connectivity index (χ2n) is 16.5. The van der Waals surface area contributed by atoms with Gasteiger partial charge in [0.15, 0.2) is 0 Å². The van der Waals surface area contributed by atoms with Gasteiger partial charge in [0.25, 0.3) is 0 Å². The molecular weight excluding hydrogens is 798 g/mol. The van der Waals surface area contributed by atoms with Crippen LogP contribution < -0.4 is 16.0 Å². The average Bonchev–Trinajstić information content (AvgIpc) is 3.29. The molecule has 0 aliphatic rings. The van der Waals surface area contributed by atoms with E-state index >= 15 is 0 Å². The fourth-order valence-corrected chi connectivity index (χ4v) is 8.54. The topological polar surface area (TPSA) is 132 Å². The van der Waals surface area contributed by atoms with Crippen molar-refractivity contribution in [3.63, 3.8) is 0 Å². The van der Waals surface area contributed by atoms with E-state index in [4.69, 9.17) is 13.6 Å².